The second-order valence-electron chi connectivity index (χ2n) is 6.15. The third-order valence-corrected chi connectivity index (χ3v) is 4.45. The van der Waals surface area contributed by atoms with Crippen molar-refractivity contribution in [2.24, 2.45) is 11.8 Å². The number of hydrogen-bond donors (Lipinski definition) is 2. The van der Waals surface area contributed by atoms with E-state index in [0.717, 1.165) is 30.8 Å². The first-order valence-corrected chi connectivity index (χ1v) is 8.32. The van der Waals surface area contributed by atoms with Crippen molar-refractivity contribution in [3.05, 3.63) is 48.3 Å². The van der Waals surface area contributed by atoms with Crippen molar-refractivity contribution in [3.8, 4) is 0 Å². The quantitative estimate of drug-likeness (QED) is 0.852. The van der Waals surface area contributed by atoms with E-state index in [1.54, 1.807) is 24.7 Å². The maximum atomic E-state index is 12.3. The molecule has 0 unspecified atom stereocenters. The molecule has 2 aromatic heterocycles. The van der Waals surface area contributed by atoms with Gasteiger partial charge in [-0.25, -0.2) is 0 Å². The van der Waals surface area contributed by atoms with Gasteiger partial charge in [-0.1, -0.05) is 6.42 Å². The topological polar surface area (TPSA) is 84.5 Å². The molecule has 6 nitrogen and oxygen atoms in total. The van der Waals surface area contributed by atoms with Crippen LogP contribution in [0.5, 0.6) is 0 Å². The highest BCUT2D eigenvalue weighted by Crippen LogP contribution is 2.29. The predicted octanol–water partition coefficient (Wildman–Crippen LogP) is 2.61. The third-order valence-electron chi connectivity index (χ3n) is 4.45. The van der Waals surface area contributed by atoms with E-state index in [9.17, 15) is 9.59 Å². The van der Waals surface area contributed by atoms with Crippen LogP contribution in [0.25, 0.3) is 0 Å². The van der Waals surface area contributed by atoms with E-state index in [-0.39, 0.29) is 23.7 Å². The molecule has 2 N–H and O–H groups in total. The maximum Gasteiger partial charge on any atom is 0.223 e. The molecule has 0 bridgehead atoms. The maximum absolute atomic E-state index is 12.3. The minimum atomic E-state index is -0.118. The van der Waals surface area contributed by atoms with Crippen LogP contribution in [0.15, 0.2) is 45.6 Å². The van der Waals surface area contributed by atoms with Gasteiger partial charge in [0.15, 0.2) is 0 Å². The van der Waals surface area contributed by atoms with Crippen LogP contribution in [0, 0.1) is 11.8 Å². The average Bonchev–Trinajstić information content (AvgIpc) is 3.31. The van der Waals surface area contributed by atoms with E-state index in [4.69, 9.17) is 8.83 Å². The van der Waals surface area contributed by atoms with Gasteiger partial charge < -0.3 is 19.5 Å². The lowest BCUT2D eigenvalue weighted by molar-refractivity contribution is -0.130. The van der Waals surface area contributed by atoms with E-state index in [2.05, 4.69) is 10.6 Å². The Labute approximate surface area is 140 Å². The Balaban J connectivity index is 1.46. The van der Waals surface area contributed by atoms with Gasteiger partial charge in [0, 0.05) is 11.8 Å². The van der Waals surface area contributed by atoms with Gasteiger partial charge in [0.05, 0.1) is 25.6 Å². The molecule has 2 heterocycles. The molecule has 0 saturated heterocycles. The van der Waals surface area contributed by atoms with E-state index in [0.29, 0.717) is 19.5 Å². The van der Waals surface area contributed by atoms with Gasteiger partial charge in [-0.2, -0.15) is 0 Å². The van der Waals surface area contributed by atoms with Crippen molar-refractivity contribution in [1.82, 2.24) is 10.6 Å². The summed E-state index contributed by atoms with van der Waals surface area (Å²) < 4.78 is 10.4. The van der Waals surface area contributed by atoms with E-state index < -0.39 is 0 Å². The molecular weight excluding hydrogens is 308 g/mol. The Kier molecular flexibility index (Phi) is 5.36. The monoisotopic (exact) mass is 330 g/mol. The van der Waals surface area contributed by atoms with Crippen molar-refractivity contribution >= 4 is 11.8 Å². The van der Waals surface area contributed by atoms with E-state index >= 15 is 0 Å². The Morgan fingerprint density at radius 2 is 1.42 bits per heavy atom. The molecule has 0 aromatic carbocycles. The first-order valence-electron chi connectivity index (χ1n) is 8.32. The number of furan rings is 2. The van der Waals surface area contributed by atoms with E-state index in [1.807, 2.05) is 12.1 Å². The van der Waals surface area contributed by atoms with Gasteiger partial charge in [-0.3, -0.25) is 9.59 Å². The summed E-state index contributed by atoms with van der Waals surface area (Å²) in [6.07, 6.45) is 6.30. The summed E-state index contributed by atoms with van der Waals surface area (Å²) in [4.78, 5) is 24.6. The Morgan fingerprint density at radius 1 is 0.917 bits per heavy atom. The highest BCUT2D eigenvalue weighted by atomic mass is 16.3. The lowest BCUT2D eigenvalue weighted by Crippen LogP contribution is -2.38. The summed E-state index contributed by atoms with van der Waals surface area (Å²) in [5, 5.41) is 5.78. The van der Waals surface area contributed by atoms with Gasteiger partial charge in [0.25, 0.3) is 0 Å². The van der Waals surface area contributed by atoms with Crippen molar-refractivity contribution in [3.63, 3.8) is 0 Å². The lowest BCUT2D eigenvalue weighted by Gasteiger charge is -2.27. The van der Waals surface area contributed by atoms with Gasteiger partial charge in [-0.15, -0.1) is 0 Å². The molecule has 1 aliphatic rings. The molecule has 128 valence electrons. The van der Waals surface area contributed by atoms with Crippen molar-refractivity contribution < 1.29 is 18.4 Å². The number of carbonyl (C=O) groups excluding carboxylic acids is 2. The fourth-order valence-corrected chi connectivity index (χ4v) is 3.13. The molecule has 3 rings (SSSR count). The average molecular weight is 330 g/mol. The van der Waals surface area contributed by atoms with Crippen LogP contribution in [0.1, 0.15) is 37.2 Å². The summed E-state index contributed by atoms with van der Waals surface area (Å²) in [5.41, 5.74) is 0. The molecule has 2 atom stereocenters. The summed E-state index contributed by atoms with van der Waals surface area (Å²) >= 11 is 0. The number of nitrogens with one attached hydrogen (secondary N) is 2. The van der Waals surface area contributed by atoms with Crippen LogP contribution >= 0.6 is 0 Å². The normalized spacial score (nSPS) is 20.5. The van der Waals surface area contributed by atoms with Crippen molar-refractivity contribution in [1.29, 1.82) is 0 Å². The molecule has 1 saturated carbocycles. The minimum Gasteiger partial charge on any atom is -0.467 e. The first-order chi connectivity index (χ1) is 11.7. The lowest BCUT2D eigenvalue weighted by atomic mass is 9.80. The molecule has 24 heavy (non-hydrogen) atoms. The highest BCUT2D eigenvalue weighted by Gasteiger charge is 2.31. The summed E-state index contributed by atoms with van der Waals surface area (Å²) in [5.74, 6) is 1.21. The fraction of sp³-hybridized carbons (Fsp3) is 0.444. The van der Waals surface area contributed by atoms with Crippen LogP contribution in [-0.2, 0) is 22.7 Å². The first kappa shape index (κ1) is 16.4. The van der Waals surface area contributed by atoms with Gasteiger partial charge in [0.1, 0.15) is 11.5 Å². The minimum absolute atomic E-state index is 0.00469. The van der Waals surface area contributed by atoms with Gasteiger partial charge in [0.2, 0.25) is 11.8 Å². The Morgan fingerprint density at radius 3 is 1.83 bits per heavy atom. The zero-order valence-electron chi connectivity index (χ0n) is 13.5. The molecule has 2 aromatic rings. The van der Waals surface area contributed by atoms with Crippen LogP contribution in [0.2, 0.25) is 0 Å². The van der Waals surface area contributed by atoms with Gasteiger partial charge in [-0.05, 0) is 43.5 Å². The SMILES string of the molecule is O=C(NCc1ccco1)[C@@H]1CCC[C@@H](C(=O)NCc2ccco2)C1. The van der Waals surface area contributed by atoms with Crippen molar-refractivity contribution in [2.75, 3.05) is 0 Å². The smallest absolute Gasteiger partial charge is 0.223 e. The standard InChI is InChI=1S/C18H22N2O4/c21-17(19-11-15-6-2-8-23-15)13-4-1-5-14(10-13)18(22)20-12-16-7-3-9-24-16/h2-3,6-9,13-14H,1,4-5,10-12H2,(H,19,21)(H,20,22)/t13-,14-/m1/s1. The fourth-order valence-electron chi connectivity index (χ4n) is 3.13. The molecule has 1 fully saturated rings. The zero-order chi connectivity index (χ0) is 16.8. The molecule has 2 amide bonds. The second kappa shape index (κ2) is 7.86. The van der Waals surface area contributed by atoms with E-state index in [1.165, 1.54) is 0 Å². The molecular formula is C18H22N2O4. The number of amides is 2. The summed E-state index contributed by atoms with van der Waals surface area (Å²) in [6.45, 7) is 0.773. The predicted molar refractivity (Wildman–Crippen MR) is 86.6 cm³/mol. The number of rotatable bonds is 6. The van der Waals surface area contributed by atoms with Crippen LogP contribution < -0.4 is 10.6 Å². The van der Waals surface area contributed by atoms with Crippen LogP contribution in [0.3, 0.4) is 0 Å². The summed E-state index contributed by atoms with van der Waals surface area (Å²) in [7, 11) is 0. The molecule has 6 heteroatoms. The van der Waals surface area contributed by atoms with Crippen LogP contribution in [-0.4, -0.2) is 11.8 Å². The molecule has 0 radical (unpaired) electrons. The van der Waals surface area contributed by atoms with Crippen LogP contribution in [0.4, 0.5) is 0 Å². The number of hydrogen-bond acceptors (Lipinski definition) is 4. The molecule has 0 aliphatic heterocycles. The largest absolute Gasteiger partial charge is 0.467 e. The molecule has 0 spiro atoms. The van der Waals surface area contributed by atoms with Gasteiger partial charge >= 0.3 is 0 Å². The molecule has 1 aliphatic carbocycles. The summed E-state index contributed by atoms with van der Waals surface area (Å²) in [6, 6.07) is 7.24. The Hall–Kier alpha value is -2.50. The third kappa shape index (κ3) is 4.28. The Bertz CT molecular complexity index is 592. The highest BCUT2D eigenvalue weighted by molar-refractivity contribution is 5.82. The number of carbonyl (C=O) groups is 2. The van der Waals surface area contributed by atoms with Crippen molar-refractivity contribution in [2.45, 2.75) is 38.8 Å². The zero-order valence-corrected chi connectivity index (χ0v) is 13.5. The second-order valence-corrected chi connectivity index (χ2v) is 6.15.